The molecule has 0 rings (SSSR count). The second-order valence-corrected chi connectivity index (χ2v) is 26.7. The Morgan fingerprint density at radius 2 is 0.566 bits per heavy atom. The van der Waals surface area contributed by atoms with Crippen molar-refractivity contribution in [1.82, 2.24) is 5.32 Å². The van der Waals surface area contributed by atoms with Crippen LogP contribution in [0.4, 0.5) is 0 Å². The zero-order chi connectivity index (χ0) is 59.9. The monoisotopic (exact) mass is 1170 g/mol. The Bertz CT molecular complexity index is 1260. The number of ether oxygens (including phenoxy) is 1. The number of aliphatic hydroxyl groups excluding tert-OH is 2. The van der Waals surface area contributed by atoms with Gasteiger partial charge in [0, 0.05) is 12.8 Å². The number of carbonyl (C=O) groups is 2. The summed E-state index contributed by atoms with van der Waals surface area (Å²) >= 11 is 0. The number of amides is 1. The molecule has 0 spiro atoms. The molecule has 0 aliphatic carbocycles. The summed E-state index contributed by atoms with van der Waals surface area (Å²) in [7, 11) is 0. The molecule has 2 unspecified atom stereocenters. The molecule has 0 saturated heterocycles. The van der Waals surface area contributed by atoms with Crippen molar-refractivity contribution in [3.8, 4) is 0 Å². The van der Waals surface area contributed by atoms with Gasteiger partial charge in [-0.05, 0) is 51.4 Å². The number of hydrogen-bond acceptors (Lipinski definition) is 5. The number of rotatable bonds is 73. The number of unbranched alkanes of at least 4 members (excludes halogenated alkanes) is 60. The van der Waals surface area contributed by atoms with Crippen LogP contribution in [0.5, 0.6) is 0 Å². The van der Waals surface area contributed by atoms with Gasteiger partial charge < -0.3 is 20.3 Å². The van der Waals surface area contributed by atoms with Crippen LogP contribution in [0.15, 0.2) is 12.2 Å². The van der Waals surface area contributed by atoms with Crippen molar-refractivity contribution in [2.75, 3.05) is 13.2 Å². The fourth-order valence-corrected chi connectivity index (χ4v) is 12.5. The maximum Gasteiger partial charge on any atom is 0.305 e. The second-order valence-electron chi connectivity index (χ2n) is 26.7. The van der Waals surface area contributed by atoms with Crippen molar-refractivity contribution in [3.05, 3.63) is 12.2 Å². The SMILES string of the molecule is CCCCCCCCCCCCCCCCCCCCC(O)C(CO)NC(=O)CCCCCCCCCCCCCCCCCC/C=C\CCCCCCCCCCCCCCOC(=O)CCCCCCCCCCCCCCCCCC. The predicted octanol–water partition coefficient (Wildman–Crippen LogP) is 25.1. The summed E-state index contributed by atoms with van der Waals surface area (Å²) in [5, 5.41) is 23.4. The van der Waals surface area contributed by atoms with Crippen LogP contribution in [0.1, 0.15) is 444 Å². The van der Waals surface area contributed by atoms with E-state index in [9.17, 15) is 19.8 Å². The average Bonchev–Trinajstić information content (AvgIpc) is 3.49. The molecule has 0 saturated carbocycles. The van der Waals surface area contributed by atoms with Gasteiger partial charge >= 0.3 is 5.97 Å². The molecule has 0 bridgehead atoms. The molecule has 0 radical (unpaired) electrons. The van der Waals surface area contributed by atoms with Crippen molar-refractivity contribution >= 4 is 11.9 Å². The second kappa shape index (κ2) is 73.1. The van der Waals surface area contributed by atoms with Crippen molar-refractivity contribution in [2.24, 2.45) is 0 Å². The van der Waals surface area contributed by atoms with Gasteiger partial charge in [-0.2, -0.15) is 0 Å². The van der Waals surface area contributed by atoms with Crippen molar-refractivity contribution in [1.29, 1.82) is 0 Å². The molecular formula is C77H151NO5. The van der Waals surface area contributed by atoms with E-state index in [2.05, 4.69) is 31.3 Å². The lowest BCUT2D eigenvalue weighted by atomic mass is 10.0. The highest BCUT2D eigenvalue weighted by Crippen LogP contribution is 2.20. The lowest BCUT2D eigenvalue weighted by Gasteiger charge is -2.22. The van der Waals surface area contributed by atoms with E-state index in [1.54, 1.807) is 0 Å². The van der Waals surface area contributed by atoms with Gasteiger partial charge in [0.1, 0.15) is 0 Å². The Hall–Kier alpha value is -1.40. The van der Waals surface area contributed by atoms with E-state index in [0.717, 1.165) is 38.5 Å². The topological polar surface area (TPSA) is 95.9 Å². The Morgan fingerprint density at radius 1 is 0.325 bits per heavy atom. The van der Waals surface area contributed by atoms with E-state index in [-0.39, 0.29) is 18.5 Å². The summed E-state index contributed by atoms with van der Waals surface area (Å²) in [5.74, 6) is -0.00471. The molecule has 0 aromatic rings. The smallest absolute Gasteiger partial charge is 0.305 e. The standard InChI is InChI=1S/C77H151NO5/c1-3-5-7-9-11-13-15-17-19-21-38-41-45-49-53-57-61-65-69-75(80)74(73-79)78-76(81)70-66-62-58-54-50-46-42-39-36-34-32-30-28-26-24-22-23-25-27-29-31-33-35-37-40-44-48-52-56-60-64-68-72-83-77(82)71-67-63-59-55-51-47-43-20-18-16-14-12-10-8-6-4-2/h25,27,74-75,79-80H,3-24,26,28-73H2,1-2H3,(H,78,81)/b27-25-. The van der Waals surface area contributed by atoms with Crippen molar-refractivity contribution in [3.63, 3.8) is 0 Å². The molecule has 6 heteroatoms. The molecule has 3 N–H and O–H groups in total. The summed E-state index contributed by atoms with van der Waals surface area (Å²) in [5.41, 5.74) is 0. The van der Waals surface area contributed by atoms with Gasteiger partial charge in [0.15, 0.2) is 0 Å². The van der Waals surface area contributed by atoms with Gasteiger partial charge in [-0.25, -0.2) is 0 Å². The summed E-state index contributed by atoms with van der Waals surface area (Å²) in [6.45, 7) is 5.01. The third-order valence-electron chi connectivity index (χ3n) is 18.3. The molecular weight excluding hydrogens is 1020 g/mol. The Balaban J connectivity index is 3.34. The average molecular weight is 1170 g/mol. The zero-order valence-corrected chi connectivity index (χ0v) is 56.7. The number of aliphatic hydroxyl groups is 2. The van der Waals surface area contributed by atoms with Crippen molar-refractivity contribution < 1.29 is 24.5 Å². The maximum absolute atomic E-state index is 12.5. The number of nitrogens with one attached hydrogen (secondary N) is 1. The number of esters is 1. The zero-order valence-electron chi connectivity index (χ0n) is 56.7. The molecule has 0 heterocycles. The fraction of sp³-hybridized carbons (Fsp3) is 0.948. The maximum atomic E-state index is 12.5. The summed E-state index contributed by atoms with van der Waals surface area (Å²) in [6.07, 6.45) is 91.5. The van der Waals surface area contributed by atoms with E-state index in [0.29, 0.717) is 25.9 Å². The van der Waals surface area contributed by atoms with Gasteiger partial charge in [-0.15, -0.1) is 0 Å². The first-order valence-corrected chi connectivity index (χ1v) is 38.4. The highest BCUT2D eigenvalue weighted by atomic mass is 16.5. The van der Waals surface area contributed by atoms with Crippen LogP contribution in [0, 0.1) is 0 Å². The minimum atomic E-state index is -0.662. The van der Waals surface area contributed by atoms with Crippen LogP contribution < -0.4 is 5.32 Å². The molecule has 0 aliphatic heterocycles. The Labute approximate surface area is 520 Å². The van der Waals surface area contributed by atoms with Crippen LogP contribution in [0.3, 0.4) is 0 Å². The molecule has 0 aromatic carbocycles. The van der Waals surface area contributed by atoms with Crippen LogP contribution in [-0.4, -0.2) is 47.4 Å². The minimum Gasteiger partial charge on any atom is -0.466 e. The van der Waals surface area contributed by atoms with E-state index in [4.69, 9.17) is 4.74 Å². The van der Waals surface area contributed by atoms with E-state index >= 15 is 0 Å². The summed E-state index contributed by atoms with van der Waals surface area (Å²) in [4.78, 5) is 24.6. The van der Waals surface area contributed by atoms with Crippen molar-refractivity contribution in [2.45, 2.75) is 456 Å². The molecule has 2 atom stereocenters. The first-order chi connectivity index (χ1) is 41.0. The van der Waals surface area contributed by atoms with E-state index < -0.39 is 12.1 Å². The van der Waals surface area contributed by atoms with Crippen LogP contribution in [0.2, 0.25) is 0 Å². The Kier molecular flexibility index (Phi) is 71.8. The molecule has 0 aromatic heterocycles. The first-order valence-electron chi connectivity index (χ1n) is 38.4. The van der Waals surface area contributed by atoms with Gasteiger partial charge in [-0.3, -0.25) is 9.59 Å². The van der Waals surface area contributed by atoms with Crippen LogP contribution in [-0.2, 0) is 14.3 Å². The van der Waals surface area contributed by atoms with Gasteiger partial charge in [0.25, 0.3) is 0 Å². The molecule has 83 heavy (non-hydrogen) atoms. The molecule has 1 amide bonds. The van der Waals surface area contributed by atoms with E-state index in [1.807, 2.05) is 0 Å². The summed E-state index contributed by atoms with van der Waals surface area (Å²) in [6, 6.07) is -0.539. The highest BCUT2D eigenvalue weighted by Gasteiger charge is 2.20. The molecule has 0 fully saturated rings. The molecule has 6 nitrogen and oxygen atoms in total. The quantitative estimate of drug-likeness (QED) is 0.0320. The largest absolute Gasteiger partial charge is 0.466 e. The highest BCUT2D eigenvalue weighted by molar-refractivity contribution is 5.76. The molecule has 0 aliphatic rings. The van der Waals surface area contributed by atoms with Gasteiger partial charge in [0.2, 0.25) is 5.91 Å². The Morgan fingerprint density at radius 3 is 0.855 bits per heavy atom. The number of hydrogen-bond donors (Lipinski definition) is 3. The fourth-order valence-electron chi connectivity index (χ4n) is 12.5. The summed E-state index contributed by atoms with van der Waals surface area (Å²) < 4.78 is 5.51. The van der Waals surface area contributed by atoms with Crippen LogP contribution in [0.25, 0.3) is 0 Å². The lowest BCUT2D eigenvalue weighted by molar-refractivity contribution is -0.143. The van der Waals surface area contributed by atoms with E-state index in [1.165, 1.54) is 372 Å². The minimum absolute atomic E-state index is 0.0229. The number of allylic oxidation sites excluding steroid dienone is 2. The molecule has 494 valence electrons. The van der Waals surface area contributed by atoms with Gasteiger partial charge in [0.05, 0.1) is 25.4 Å². The third kappa shape index (κ3) is 69.6. The van der Waals surface area contributed by atoms with Crippen LogP contribution >= 0.6 is 0 Å². The first kappa shape index (κ1) is 81.6. The normalized spacial score (nSPS) is 12.5. The lowest BCUT2D eigenvalue weighted by Crippen LogP contribution is -2.45. The third-order valence-corrected chi connectivity index (χ3v) is 18.3. The van der Waals surface area contributed by atoms with Gasteiger partial charge in [-0.1, -0.05) is 392 Å². The number of carbonyl (C=O) groups excluding carboxylic acids is 2. The predicted molar refractivity (Wildman–Crippen MR) is 366 cm³/mol.